The minimum Gasteiger partial charge on any atom is -0.366 e. The summed E-state index contributed by atoms with van der Waals surface area (Å²) in [7, 11) is 0. The van der Waals surface area contributed by atoms with Crippen molar-refractivity contribution >= 4 is 29.0 Å². The predicted octanol–water partition coefficient (Wildman–Crippen LogP) is 4.13. The van der Waals surface area contributed by atoms with Crippen LogP contribution < -0.4 is 10.6 Å². The molecular weight excluding hydrogens is 343 g/mol. The normalized spacial score (nSPS) is 10.3. The lowest BCUT2D eigenvalue weighted by Crippen LogP contribution is -2.14. The van der Waals surface area contributed by atoms with E-state index in [9.17, 15) is 9.18 Å². The zero-order valence-corrected chi connectivity index (χ0v) is 13.8. The molecule has 0 unspecified atom stereocenters. The van der Waals surface area contributed by atoms with Gasteiger partial charge >= 0.3 is 0 Å². The third kappa shape index (κ3) is 4.51. The molecule has 2 aromatic carbocycles. The Labute approximate surface area is 148 Å². The molecule has 0 aliphatic carbocycles. The van der Waals surface area contributed by atoms with Crippen molar-refractivity contribution in [3.8, 4) is 0 Å². The summed E-state index contributed by atoms with van der Waals surface area (Å²) in [5, 5.41) is 5.69. The van der Waals surface area contributed by atoms with Crippen LogP contribution in [0.1, 0.15) is 16.1 Å². The molecule has 0 atom stereocenters. The number of carbonyl (C=O) groups is 1. The fourth-order valence-electron chi connectivity index (χ4n) is 2.14. The standard InChI is InChI=1S/C18H14ClFN4O/c19-14-8-13(6-7-15(14)20)24-18(25)16-9-17(23-11-22-16)21-10-12-4-2-1-3-5-12/h1-9,11H,10H2,(H,24,25)(H,21,22,23). The van der Waals surface area contributed by atoms with Gasteiger partial charge in [0.1, 0.15) is 23.7 Å². The molecule has 0 saturated heterocycles. The highest BCUT2D eigenvalue weighted by Crippen LogP contribution is 2.20. The van der Waals surface area contributed by atoms with Crippen LogP contribution in [0.3, 0.4) is 0 Å². The van der Waals surface area contributed by atoms with E-state index in [-0.39, 0.29) is 10.7 Å². The maximum absolute atomic E-state index is 13.2. The average molecular weight is 357 g/mol. The van der Waals surface area contributed by atoms with Crippen LogP contribution in [-0.4, -0.2) is 15.9 Å². The second kappa shape index (κ2) is 7.72. The molecule has 2 N–H and O–H groups in total. The first kappa shape index (κ1) is 16.9. The van der Waals surface area contributed by atoms with Gasteiger partial charge in [-0.05, 0) is 23.8 Å². The van der Waals surface area contributed by atoms with Crippen molar-refractivity contribution in [2.24, 2.45) is 0 Å². The first-order valence-corrected chi connectivity index (χ1v) is 7.86. The molecule has 0 saturated carbocycles. The van der Waals surface area contributed by atoms with Crippen molar-refractivity contribution in [3.05, 3.63) is 83.0 Å². The van der Waals surface area contributed by atoms with Crippen LogP contribution in [0.2, 0.25) is 5.02 Å². The maximum atomic E-state index is 13.2. The third-order valence-corrected chi connectivity index (χ3v) is 3.68. The molecule has 0 radical (unpaired) electrons. The molecule has 0 bridgehead atoms. The van der Waals surface area contributed by atoms with Crippen LogP contribution in [0.15, 0.2) is 60.9 Å². The van der Waals surface area contributed by atoms with E-state index in [2.05, 4.69) is 20.6 Å². The van der Waals surface area contributed by atoms with Crippen molar-refractivity contribution in [2.45, 2.75) is 6.54 Å². The monoisotopic (exact) mass is 356 g/mol. The number of benzene rings is 2. The first-order valence-electron chi connectivity index (χ1n) is 7.48. The second-order valence-corrected chi connectivity index (χ2v) is 5.62. The van der Waals surface area contributed by atoms with E-state index in [0.29, 0.717) is 18.1 Å². The first-order chi connectivity index (χ1) is 12.1. The Balaban J connectivity index is 1.67. The Morgan fingerprint density at radius 1 is 1.08 bits per heavy atom. The number of carbonyl (C=O) groups excluding carboxylic acids is 1. The predicted molar refractivity (Wildman–Crippen MR) is 95.2 cm³/mol. The average Bonchev–Trinajstić information content (AvgIpc) is 2.64. The van der Waals surface area contributed by atoms with Gasteiger partial charge in [0.15, 0.2) is 0 Å². The van der Waals surface area contributed by atoms with Crippen molar-refractivity contribution in [2.75, 3.05) is 10.6 Å². The Hall–Kier alpha value is -2.99. The fraction of sp³-hybridized carbons (Fsp3) is 0.0556. The molecule has 25 heavy (non-hydrogen) atoms. The maximum Gasteiger partial charge on any atom is 0.274 e. The van der Waals surface area contributed by atoms with Crippen LogP contribution in [0, 0.1) is 5.82 Å². The molecule has 0 spiro atoms. The van der Waals surface area contributed by atoms with Crippen molar-refractivity contribution in [1.29, 1.82) is 0 Å². The summed E-state index contributed by atoms with van der Waals surface area (Å²) in [6, 6.07) is 15.3. The molecule has 0 aliphatic rings. The summed E-state index contributed by atoms with van der Waals surface area (Å²) >= 11 is 5.71. The lowest BCUT2D eigenvalue weighted by Gasteiger charge is -2.08. The number of anilines is 2. The highest BCUT2D eigenvalue weighted by atomic mass is 35.5. The van der Waals surface area contributed by atoms with Gasteiger partial charge in [0.05, 0.1) is 5.02 Å². The van der Waals surface area contributed by atoms with Gasteiger partial charge in [0.2, 0.25) is 0 Å². The third-order valence-electron chi connectivity index (χ3n) is 3.39. The summed E-state index contributed by atoms with van der Waals surface area (Å²) in [5.41, 5.74) is 1.66. The topological polar surface area (TPSA) is 66.9 Å². The molecule has 3 aromatic rings. The quantitative estimate of drug-likeness (QED) is 0.721. The number of aromatic nitrogens is 2. The lowest BCUT2D eigenvalue weighted by molar-refractivity contribution is 0.102. The summed E-state index contributed by atoms with van der Waals surface area (Å²) in [4.78, 5) is 20.3. The van der Waals surface area contributed by atoms with Crippen LogP contribution in [0.4, 0.5) is 15.9 Å². The lowest BCUT2D eigenvalue weighted by atomic mass is 10.2. The molecule has 1 aromatic heterocycles. The smallest absolute Gasteiger partial charge is 0.274 e. The van der Waals surface area contributed by atoms with Gasteiger partial charge in [-0.2, -0.15) is 0 Å². The molecular formula is C18H14ClFN4O. The summed E-state index contributed by atoms with van der Waals surface area (Å²) < 4.78 is 13.2. The molecule has 3 rings (SSSR count). The van der Waals surface area contributed by atoms with Gasteiger partial charge in [0.25, 0.3) is 5.91 Å². The van der Waals surface area contributed by atoms with E-state index >= 15 is 0 Å². The SMILES string of the molecule is O=C(Nc1ccc(F)c(Cl)c1)c1cc(NCc2ccccc2)ncn1. The molecule has 1 amide bonds. The minimum atomic E-state index is -0.547. The molecule has 126 valence electrons. The molecule has 0 fully saturated rings. The van der Waals surface area contributed by atoms with E-state index in [4.69, 9.17) is 11.6 Å². The molecule has 0 aliphatic heterocycles. The van der Waals surface area contributed by atoms with Gasteiger partial charge in [-0.3, -0.25) is 4.79 Å². The number of hydrogen-bond donors (Lipinski definition) is 2. The molecule has 7 heteroatoms. The Morgan fingerprint density at radius 3 is 2.64 bits per heavy atom. The summed E-state index contributed by atoms with van der Waals surface area (Å²) in [6.45, 7) is 0.576. The van der Waals surface area contributed by atoms with Crippen LogP contribution in [0.5, 0.6) is 0 Å². The molecule has 1 heterocycles. The summed E-state index contributed by atoms with van der Waals surface area (Å²) in [6.07, 6.45) is 1.31. The number of amides is 1. The van der Waals surface area contributed by atoms with Crippen LogP contribution in [-0.2, 0) is 6.54 Å². The highest BCUT2D eigenvalue weighted by molar-refractivity contribution is 6.31. The zero-order valence-electron chi connectivity index (χ0n) is 13.0. The van der Waals surface area contributed by atoms with E-state index < -0.39 is 11.7 Å². The van der Waals surface area contributed by atoms with E-state index in [1.807, 2.05) is 30.3 Å². The van der Waals surface area contributed by atoms with Gasteiger partial charge in [-0.25, -0.2) is 14.4 Å². The number of rotatable bonds is 5. The van der Waals surface area contributed by atoms with Gasteiger partial charge < -0.3 is 10.6 Å². The number of nitrogens with zero attached hydrogens (tertiary/aromatic N) is 2. The van der Waals surface area contributed by atoms with Gasteiger partial charge in [-0.1, -0.05) is 41.9 Å². The van der Waals surface area contributed by atoms with Crippen LogP contribution >= 0.6 is 11.6 Å². The van der Waals surface area contributed by atoms with E-state index in [0.717, 1.165) is 5.56 Å². The van der Waals surface area contributed by atoms with Crippen LogP contribution in [0.25, 0.3) is 0 Å². The number of nitrogens with one attached hydrogen (secondary N) is 2. The fourth-order valence-corrected chi connectivity index (χ4v) is 2.32. The van der Waals surface area contributed by atoms with Gasteiger partial charge in [-0.15, -0.1) is 0 Å². The van der Waals surface area contributed by atoms with E-state index in [1.54, 1.807) is 6.07 Å². The Kier molecular flexibility index (Phi) is 5.20. The Morgan fingerprint density at radius 2 is 1.88 bits per heavy atom. The van der Waals surface area contributed by atoms with Crippen molar-refractivity contribution in [1.82, 2.24) is 9.97 Å². The molecule has 5 nitrogen and oxygen atoms in total. The summed E-state index contributed by atoms with van der Waals surface area (Å²) in [5.74, 6) is -0.455. The number of hydrogen-bond acceptors (Lipinski definition) is 4. The second-order valence-electron chi connectivity index (χ2n) is 5.21. The number of halogens is 2. The van der Waals surface area contributed by atoms with Crippen molar-refractivity contribution in [3.63, 3.8) is 0 Å². The van der Waals surface area contributed by atoms with E-state index in [1.165, 1.54) is 24.5 Å². The van der Waals surface area contributed by atoms with Gasteiger partial charge in [0, 0.05) is 18.3 Å². The van der Waals surface area contributed by atoms with Crippen molar-refractivity contribution < 1.29 is 9.18 Å². The minimum absolute atomic E-state index is 0.0642. The Bertz CT molecular complexity index is 889. The highest BCUT2D eigenvalue weighted by Gasteiger charge is 2.10. The zero-order chi connectivity index (χ0) is 17.6. The largest absolute Gasteiger partial charge is 0.366 e.